The number of hydrogen-bond acceptors (Lipinski definition) is 1. The molecule has 0 aliphatic heterocycles. The van der Waals surface area contributed by atoms with Crippen LogP contribution in [0.1, 0.15) is 10.4 Å². The van der Waals surface area contributed by atoms with E-state index in [0.717, 1.165) is 5.56 Å². The van der Waals surface area contributed by atoms with Gasteiger partial charge in [0.15, 0.2) is 0 Å². The van der Waals surface area contributed by atoms with Crippen LogP contribution < -0.4 is 0 Å². The number of rotatable bonds is 2. The van der Waals surface area contributed by atoms with Crippen molar-refractivity contribution < 1.29 is 9.90 Å². The first-order valence-electron chi connectivity index (χ1n) is 4.96. The Morgan fingerprint density at radius 1 is 0.889 bits per heavy atom. The lowest BCUT2D eigenvalue weighted by atomic mass is 10.0. The number of carboxylic acid groups (broad SMARTS) is 1. The Morgan fingerprint density at radius 2 is 1.61 bits per heavy atom. The Kier molecular flexibility index (Phi) is 3.81. The predicted octanol–water partition coefficient (Wildman–Crippen LogP) is 5.01. The molecule has 0 saturated heterocycles. The normalized spacial score (nSPS) is 10.4. The molecule has 5 heteroatoms. The lowest BCUT2D eigenvalue weighted by Gasteiger charge is -2.06. The summed E-state index contributed by atoms with van der Waals surface area (Å²) in [4.78, 5) is 11.0. The first-order chi connectivity index (χ1) is 8.47. The molecular weight excluding hydrogens is 294 g/mol. The molecule has 18 heavy (non-hydrogen) atoms. The fourth-order valence-electron chi connectivity index (χ4n) is 1.56. The molecule has 0 heterocycles. The molecule has 2 aromatic carbocycles. The second-order valence-corrected chi connectivity index (χ2v) is 4.91. The molecule has 0 aliphatic carbocycles. The SMILES string of the molecule is O=C(O)c1cc(Cl)cc(-c2ccc(Cl)c(Cl)c2)c1. The van der Waals surface area contributed by atoms with Gasteiger partial charge in [0, 0.05) is 5.02 Å². The first kappa shape index (κ1) is 13.2. The van der Waals surface area contributed by atoms with Gasteiger partial charge in [0.05, 0.1) is 15.6 Å². The highest BCUT2D eigenvalue weighted by molar-refractivity contribution is 6.42. The zero-order chi connectivity index (χ0) is 13.3. The van der Waals surface area contributed by atoms with Crippen molar-refractivity contribution in [3.8, 4) is 11.1 Å². The highest BCUT2D eigenvalue weighted by atomic mass is 35.5. The molecule has 92 valence electrons. The maximum Gasteiger partial charge on any atom is 0.335 e. The summed E-state index contributed by atoms with van der Waals surface area (Å²) in [7, 11) is 0. The molecule has 0 fully saturated rings. The standard InChI is InChI=1S/C13H7Cl3O2/c14-10-4-8(3-9(5-10)13(17)18)7-1-2-11(15)12(16)6-7/h1-6H,(H,17,18). The van der Waals surface area contributed by atoms with Crippen LogP contribution in [0.15, 0.2) is 36.4 Å². The Bertz CT molecular complexity index is 624. The molecule has 0 unspecified atom stereocenters. The van der Waals surface area contributed by atoms with Crippen LogP contribution >= 0.6 is 34.8 Å². The van der Waals surface area contributed by atoms with Crippen molar-refractivity contribution in [1.82, 2.24) is 0 Å². The number of halogens is 3. The summed E-state index contributed by atoms with van der Waals surface area (Å²) >= 11 is 17.6. The number of aromatic carboxylic acids is 1. The van der Waals surface area contributed by atoms with Gasteiger partial charge in [0.2, 0.25) is 0 Å². The van der Waals surface area contributed by atoms with E-state index >= 15 is 0 Å². The molecule has 0 saturated carbocycles. The summed E-state index contributed by atoms with van der Waals surface area (Å²) in [6.07, 6.45) is 0. The maximum absolute atomic E-state index is 11.0. The zero-order valence-corrected chi connectivity index (χ0v) is 11.2. The third kappa shape index (κ3) is 2.78. The van der Waals surface area contributed by atoms with E-state index in [9.17, 15) is 4.79 Å². The summed E-state index contributed by atoms with van der Waals surface area (Å²) in [5, 5.41) is 10.2. The minimum absolute atomic E-state index is 0.128. The lowest BCUT2D eigenvalue weighted by Crippen LogP contribution is -1.96. The summed E-state index contributed by atoms with van der Waals surface area (Å²) in [6, 6.07) is 9.68. The molecule has 0 aromatic heterocycles. The number of carbonyl (C=O) groups is 1. The minimum Gasteiger partial charge on any atom is -0.478 e. The largest absolute Gasteiger partial charge is 0.478 e. The Hall–Kier alpha value is -1.22. The average Bonchev–Trinajstić information content (AvgIpc) is 2.31. The van der Waals surface area contributed by atoms with Crippen molar-refractivity contribution in [3.05, 3.63) is 57.0 Å². The second kappa shape index (κ2) is 5.19. The van der Waals surface area contributed by atoms with Gasteiger partial charge in [-0.2, -0.15) is 0 Å². The zero-order valence-electron chi connectivity index (χ0n) is 8.95. The van der Waals surface area contributed by atoms with Gasteiger partial charge in [-0.25, -0.2) is 4.79 Å². The third-order valence-electron chi connectivity index (χ3n) is 2.40. The van der Waals surface area contributed by atoms with Gasteiger partial charge in [-0.3, -0.25) is 0 Å². The average molecular weight is 302 g/mol. The van der Waals surface area contributed by atoms with E-state index in [1.807, 2.05) is 0 Å². The van der Waals surface area contributed by atoms with Crippen molar-refractivity contribution in [1.29, 1.82) is 0 Å². The first-order valence-corrected chi connectivity index (χ1v) is 6.10. The van der Waals surface area contributed by atoms with Crippen LogP contribution in [-0.2, 0) is 0 Å². The van der Waals surface area contributed by atoms with Crippen molar-refractivity contribution in [3.63, 3.8) is 0 Å². The maximum atomic E-state index is 11.0. The molecule has 1 N–H and O–H groups in total. The van der Waals surface area contributed by atoms with Crippen LogP contribution in [0.4, 0.5) is 0 Å². The topological polar surface area (TPSA) is 37.3 Å². The smallest absolute Gasteiger partial charge is 0.335 e. The Morgan fingerprint density at radius 3 is 2.22 bits per heavy atom. The highest BCUT2D eigenvalue weighted by Crippen LogP contribution is 2.30. The number of benzene rings is 2. The summed E-state index contributed by atoms with van der Waals surface area (Å²) < 4.78 is 0. The van der Waals surface area contributed by atoms with Gasteiger partial charge in [-0.15, -0.1) is 0 Å². The fourth-order valence-corrected chi connectivity index (χ4v) is 2.09. The van der Waals surface area contributed by atoms with Gasteiger partial charge in [0.25, 0.3) is 0 Å². The van der Waals surface area contributed by atoms with E-state index in [0.29, 0.717) is 20.6 Å². The minimum atomic E-state index is -1.03. The van der Waals surface area contributed by atoms with Gasteiger partial charge < -0.3 is 5.11 Å². The van der Waals surface area contributed by atoms with Crippen LogP contribution in [0.3, 0.4) is 0 Å². The van der Waals surface area contributed by atoms with Crippen LogP contribution in [-0.4, -0.2) is 11.1 Å². The second-order valence-electron chi connectivity index (χ2n) is 3.66. The molecule has 2 aromatic rings. The van der Waals surface area contributed by atoms with Crippen LogP contribution in [0, 0.1) is 0 Å². The van der Waals surface area contributed by atoms with Gasteiger partial charge in [0.1, 0.15) is 0 Å². The van der Waals surface area contributed by atoms with E-state index in [1.165, 1.54) is 12.1 Å². The lowest BCUT2D eigenvalue weighted by molar-refractivity contribution is 0.0697. The van der Waals surface area contributed by atoms with E-state index in [-0.39, 0.29) is 5.56 Å². The van der Waals surface area contributed by atoms with Crippen molar-refractivity contribution in [2.45, 2.75) is 0 Å². The molecular formula is C13H7Cl3O2. The highest BCUT2D eigenvalue weighted by Gasteiger charge is 2.08. The fraction of sp³-hybridized carbons (Fsp3) is 0. The molecule has 0 aliphatic rings. The van der Waals surface area contributed by atoms with Crippen molar-refractivity contribution in [2.75, 3.05) is 0 Å². The molecule has 0 bridgehead atoms. The molecule has 2 rings (SSSR count). The van der Waals surface area contributed by atoms with Crippen LogP contribution in [0.25, 0.3) is 11.1 Å². The quantitative estimate of drug-likeness (QED) is 0.846. The summed E-state index contributed by atoms with van der Waals surface area (Å²) in [6.45, 7) is 0. The van der Waals surface area contributed by atoms with E-state index in [1.54, 1.807) is 24.3 Å². The Balaban J connectivity index is 2.56. The van der Waals surface area contributed by atoms with E-state index < -0.39 is 5.97 Å². The number of carboxylic acids is 1. The monoisotopic (exact) mass is 300 g/mol. The van der Waals surface area contributed by atoms with Crippen molar-refractivity contribution in [2.24, 2.45) is 0 Å². The summed E-state index contributed by atoms with van der Waals surface area (Å²) in [5.74, 6) is -1.03. The van der Waals surface area contributed by atoms with Gasteiger partial charge in [-0.1, -0.05) is 40.9 Å². The molecule has 0 amide bonds. The third-order valence-corrected chi connectivity index (χ3v) is 3.35. The van der Waals surface area contributed by atoms with Crippen LogP contribution in [0.5, 0.6) is 0 Å². The molecule has 0 radical (unpaired) electrons. The van der Waals surface area contributed by atoms with Gasteiger partial charge in [-0.05, 0) is 41.5 Å². The van der Waals surface area contributed by atoms with E-state index in [2.05, 4.69) is 0 Å². The van der Waals surface area contributed by atoms with E-state index in [4.69, 9.17) is 39.9 Å². The number of hydrogen-bond donors (Lipinski definition) is 1. The Labute approximate surface area is 119 Å². The van der Waals surface area contributed by atoms with Crippen molar-refractivity contribution >= 4 is 40.8 Å². The van der Waals surface area contributed by atoms with Gasteiger partial charge >= 0.3 is 5.97 Å². The van der Waals surface area contributed by atoms with Crippen LogP contribution in [0.2, 0.25) is 15.1 Å². The summed E-state index contributed by atoms with van der Waals surface area (Å²) in [5.41, 5.74) is 1.57. The predicted molar refractivity (Wildman–Crippen MR) is 73.9 cm³/mol. The molecule has 0 spiro atoms. The molecule has 2 nitrogen and oxygen atoms in total. The molecule has 0 atom stereocenters.